The van der Waals surface area contributed by atoms with Gasteiger partial charge in [-0.2, -0.15) is 0 Å². The van der Waals surface area contributed by atoms with Gasteiger partial charge in [-0.15, -0.1) is 12.4 Å². The topological polar surface area (TPSA) is 15.3 Å². The molecule has 0 saturated carbocycles. The summed E-state index contributed by atoms with van der Waals surface area (Å²) in [5.41, 5.74) is 2.00. The van der Waals surface area contributed by atoms with Crippen LogP contribution in [0, 0.1) is 5.41 Å². The summed E-state index contributed by atoms with van der Waals surface area (Å²) in [6.45, 7) is 7.47. The fraction of sp³-hybridized carbons (Fsp3) is 0.667. The van der Waals surface area contributed by atoms with Crippen molar-refractivity contribution in [1.29, 1.82) is 0 Å². The minimum absolute atomic E-state index is 0. The first-order valence-electron chi connectivity index (χ1n) is 8.24. The van der Waals surface area contributed by atoms with Crippen LogP contribution < -0.4 is 5.32 Å². The average molecular weight is 309 g/mol. The van der Waals surface area contributed by atoms with Crippen molar-refractivity contribution in [3.05, 3.63) is 35.9 Å². The molecule has 3 heteroatoms. The van der Waals surface area contributed by atoms with Crippen LogP contribution in [0.5, 0.6) is 0 Å². The van der Waals surface area contributed by atoms with Gasteiger partial charge >= 0.3 is 0 Å². The number of halogens is 1. The van der Waals surface area contributed by atoms with Gasteiger partial charge in [-0.3, -0.25) is 4.90 Å². The maximum atomic E-state index is 3.53. The molecule has 0 aromatic heterocycles. The molecule has 21 heavy (non-hydrogen) atoms. The second-order valence-corrected chi connectivity index (χ2v) is 7.03. The molecule has 2 aliphatic rings. The molecule has 1 N–H and O–H groups in total. The quantitative estimate of drug-likeness (QED) is 0.895. The summed E-state index contributed by atoms with van der Waals surface area (Å²) in [4.78, 5) is 2.77. The highest BCUT2D eigenvalue weighted by atomic mass is 35.5. The van der Waals surface area contributed by atoms with E-state index < -0.39 is 0 Å². The summed E-state index contributed by atoms with van der Waals surface area (Å²) >= 11 is 0. The van der Waals surface area contributed by atoms with Gasteiger partial charge < -0.3 is 5.32 Å². The SMILES string of the molecule is CC1(CN2CCCC2CCc2ccccc2)CCNC1.Cl. The van der Waals surface area contributed by atoms with Crippen molar-refractivity contribution >= 4 is 12.4 Å². The van der Waals surface area contributed by atoms with Crippen LogP contribution in [-0.2, 0) is 6.42 Å². The number of nitrogens with one attached hydrogen (secondary N) is 1. The molecular formula is C18H29ClN2. The molecule has 2 aliphatic heterocycles. The van der Waals surface area contributed by atoms with E-state index in [2.05, 4.69) is 47.5 Å². The number of hydrogen-bond donors (Lipinski definition) is 1. The molecule has 0 bridgehead atoms. The third-order valence-electron chi connectivity index (χ3n) is 5.15. The number of rotatable bonds is 5. The largest absolute Gasteiger partial charge is 0.316 e. The first-order chi connectivity index (χ1) is 9.75. The van der Waals surface area contributed by atoms with Gasteiger partial charge in [0.15, 0.2) is 0 Å². The van der Waals surface area contributed by atoms with E-state index in [0.29, 0.717) is 5.41 Å². The lowest BCUT2D eigenvalue weighted by atomic mass is 9.88. The molecular weight excluding hydrogens is 280 g/mol. The molecule has 2 saturated heterocycles. The van der Waals surface area contributed by atoms with Gasteiger partial charge in [0.1, 0.15) is 0 Å². The van der Waals surface area contributed by atoms with Crippen molar-refractivity contribution in [2.75, 3.05) is 26.2 Å². The minimum atomic E-state index is 0. The maximum absolute atomic E-state index is 3.53. The number of likely N-dealkylation sites (tertiary alicyclic amines) is 1. The average Bonchev–Trinajstić information content (AvgIpc) is 3.07. The first-order valence-corrected chi connectivity index (χ1v) is 8.24. The molecule has 1 aromatic carbocycles. The van der Waals surface area contributed by atoms with Gasteiger partial charge in [-0.25, -0.2) is 0 Å². The lowest BCUT2D eigenvalue weighted by molar-refractivity contribution is 0.159. The number of nitrogens with zero attached hydrogens (tertiary/aromatic N) is 1. The van der Waals surface area contributed by atoms with Crippen LogP contribution in [0.1, 0.15) is 38.2 Å². The van der Waals surface area contributed by atoms with Crippen molar-refractivity contribution in [2.45, 2.75) is 45.1 Å². The second kappa shape index (κ2) is 7.62. The molecule has 1 aromatic rings. The summed E-state index contributed by atoms with van der Waals surface area (Å²) in [6, 6.07) is 11.8. The Kier molecular flexibility index (Phi) is 6.09. The Hall–Kier alpha value is -0.570. The van der Waals surface area contributed by atoms with Crippen molar-refractivity contribution < 1.29 is 0 Å². The maximum Gasteiger partial charge on any atom is 0.00991 e. The van der Waals surface area contributed by atoms with E-state index in [9.17, 15) is 0 Å². The van der Waals surface area contributed by atoms with Gasteiger partial charge in [0.2, 0.25) is 0 Å². The summed E-state index contributed by atoms with van der Waals surface area (Å²) in [5.74, 6) is 0. The van der Waals surface area contributed by atoms with Crippen molar-refractivity contribution in [2.24, 2.45) is 5.41 Å². The number of benzene rings is 1. The molecule has 2 unspecified atom stereocenters. The predicted molar refractivity (Wildman–Crippen MR) is 92.2 cm³/mol. The summed E-state index contributed by atoms with van der Waals surface area (Å²) in [6.07, 6.45) is 6.69. The standard InChI is InChI=1S/C18H28N2.ClH/c1-18(11-12-19-14-18)15-20-13-5-8-17(20)10-9-16-6-3-2-4-7-16;/h2-4,6-7,17,19H,5,8-15H2,1H3;1H. The van der Waals surface area contributed by atoms with E-state index >= 15 is 0 Å². The summed E-state index contributed by atoms with van der Waals surface area (Å²) in [5, 5.41) is 3.53. The fourth-order valence-electron chi connectivity index (χ4n) is 3.90. The number of hydrogen-bond acceptors (Lipinski definition) is 2. The molecule has 0 spiro atoms. The van der Waals surface area contributed by atoms with Crippen LogP contribution in [0.15, 0.2) is 30.3 Å². The summed E-state index contributed by atoms with van der Waals surface area (Å²) in [7, 11) is 0. The van der Waals surface area contributed by atoms with E-state index in [4.69, 9.17) is 0 Å². The zero-order chi connectivity index (χ0) is 13.8. The van der Waals surface area contributed by atoms with E-state index in [-0.39, 0.29) is 12.4 Å². The summed E-state index contributed by atoms with van der Waals surface area (Å²) < 4.78 is 0. The van der Waals surface area contributed by atoms with Crippen LogP contribution in [0.3, 0.4) is 0 Å². The van der Waals surface area contributed by atoms with Gasteiger partial charge in [0.05, 0.1) is 0 Å². The Bertz CT molecular complexity index is 414. The van der Waals surface area contributed by atoms with Crippen LogP contribution >= 0.6 is 12.4 Å². The monoisotopic (exact) mass is 308 g/mol. The van der Waals surface area contributed by atoms with E-state index in [1.165, 1.54) is 63.8 Å². The van der Waals surface area contributed by atoms with E-state index in [1.807, 2.05) is 0 Å². The lowest BCUT2D eigenvalue weighted by Crippen LogP contribution is -2.40. The van der Waals surface area contributed by atoms with E-state index in [1.54, 1.807) is 0 Å². The van der Waals surface area contributed by atoms with Crippen LogP contribution in [-0.4, -0.2) is 37.1 Å². The normalized spacial score (nSPS) is 29.5. The Morgan fingerprint density at radius 2 is 2.10 bits per heavy atom. The van der Waals surface area contributed by atoms with Gasteiger partial charge in [-0.05, 0) is 56.2 Å². The number of aryl methyl sites for hydroxylation is 1. The first kappa shape index (κ1) is 16.8. The predicted octanol–water partition coefficient (Wildman–Crippen LogP) is 3.51. The second-order valence-electron chi connectivity index (χ2n) is 7.03. The molecule has 0 radical (unpaired) electrons. The fourth-order valence-corrected chi connectivity index (χ4v) is 3.90. The van der Waals surface area contributed by atoms with Crippen LogP contribution in [0.4, 0.5) is 0 Å². The van der Waals surface area contributed by atoms with Crippen LogP contribution in [0.25, 0.3) is 0 Å². The molecule has 2 fully saturated rings. The van der Waals surface area contributed by atoms with E-state index in [0.717, 1.165) is 6.04 Å². The van der Waals surface area contributed by atoms with Gasteiger partial charge in [0, 0.05) is 19.1 Å². The third-order valence-corrected chi connectivity index (χ3v) is 5.15. The molecule has 118 valence electrons. The minimum Gasteiger partial charge on any atom is -0.316 e. The molecule has 2 heterocycles. The Labute approximate surface area is 135 Å². The molecule has 3 rings (SSSR count). The Morgan fingerprint density at radius 3 is 2.81 bits per heavy atom. The van der Waals surface area contributed by atoms with Gasteiger partial charge in [-0.1, -0.05) is 37.3 Å². The molecule has 0 aliphatic carbocycles. The van der Waals surface area contributed by atoms with Crippen molar-refractivity contribution in [3.8, 4) is 0 Å². The van der Waals surface area contributed by atoms with Gasteiger partial charge in [0.25, 0.3) is 0 Å². The zero-order valence-electron chi connectivity index (χ0n) is 13.2. The van der Waals surface area contributed by atoms with Crippen LogP contribution in [0.2, 0.25) is 0 Å². The molecule has 2 atom stereocenters. The molecule has 0 amide bonds. The molecule has 2 nitrogen and oxygen atoms in total. The highest BCUT2D eigenvalue weighted by Gasteiger charge is 2.34. The highest BCUT2D eigenvalue weighted by Crippen LogP contribution is 2.30. The van der Waals surface area contributed by atoms with Crippen molar-refractivity contribution in [3.63, 3.8) is 0 Å². The smallest absolute Gasteiger partial charge is 0.00991 e. The third kappa shape index (κ3) is 4.45. The Morgan fingerprint density at radius 1 is 1.29 bits per heavy atom. The Balaban J connectivity index is 0.00000161. The van der Waals surface area contributed by atoms with Crippen molar-refractivity contribution in [1.82, 2.24) is 10.2 Å². The highest BCUT2D eigenvalue weighted by molar-refractivity contribution is 5.85. The zero-order valence-corrected chi connectivity index (χ0v) is 14.0. The lowest BCUT2D eigenvalue weighted by Gasteiger charge is -2.33.